The third-order valence-corrected chi connectivity index (χ3v) is 8.01. The summed E-state index contributed by atoms with van der Waals surface area (Å²) in [4.78, 5) is 7.01. The van der Waals surface area contributed by atoms with Gasteiger partial charge in [-0.05, 0) is 60.6 Å². The van der Waals surface area contributed by atoms with E-state index in [2.05, 4.69) is 60.6 Å². The Balaban J connectivity index is 1.40. The van der Waals surface area contributed by atoms with Crippen molar-refractivity contribution in [1.82, 2.24) is 20.1 Å². The maximum Gasteiger partial charge on any atom is 0.181 e. The molecule has 0 radical (unpaired) electrons. The largest absolute Gasteiger partial charge is 0.371 e. The molecule has 36 heavy (non-hydrogen) atoms. The predicted molar refractivity (Wildman–Crippen MR) is 141 cm³/mol. The van der Waals surface area contributed by atoms with E-state index in [0.29, 0.717) is 43.0 Å². The number of aromatic amines is 1. The van der Waals surface area contributed by atoms with Crippen LogP contribution in [0.3, 0.4) is 0 Å². The molecular formula is C30H34FN5. The monoisotopic (exact) mass is 483 g/mol. The van der Waals surface area contributed by atoms with Gasteiger partial charge in [0.15, 0.2) is 5.82 Å². The molecule has 2 fully saturated rings. The Bertz CT molecular complexity index is 1300. The van der Waals surface area contributed by atoms with Gasteiger partial charge in [0, 0.05) is 48.7 Å². The Morgan fingerprint density at radius 2 is 1.89 bits per heavy atom. The first-order chi connectivity index (χ1) is 17.3. The minimum absolute atomic E-state index is 0.281. The Hall–Kier alpha value is -3.46. The van der Waals surface area contributed by atoms with Crippen molar-refractivity contribution in [2.24, 2.45) is 0 Å². The summed E-state index contributed by atoms with van der Waals surface area (Å²) in [6.45, 7) is 12.0. The average molecular weight is 484 g/mol. The van der Waals surface area contributed by atoms with Gasteiger partial charge in [-0.2, -0.15) is 10.4 Å². The molecule has 1 saturated carbocycles. The summed E-state index contributed by atoms with van der Waals surface area (Å²) in [6.07, 6.45) is 4.45. The zero-order valence-electron chi connectivity index (χ0n) is 21.4. The Morgan fingerprint density at radius 1 is 1.19 bits per heavy atom. The van der Waals surface area contributed by atoms with Gasteiger partial charge in [-0.3, -0.25) is 5.10 Å². The van der Waals surface area contributed by atoms with E-state index in [1.54, 1.807) is 24.3 Å². The first-order valence-electron chi connectivity index (χ1n) is 13.0. The van der Waals surface area contributed by atoms with E-state index in [4.69, 9.17) is 10.2 Å². The molecule has 0 amide bonds. The highest BCUT2D eigenvalue weighted by Gasteiger charge is 2.37. The third kappa shape index (κ3) is 4.43. The van der Waals surface area contributed by atoms with Crippen LogP contribution >= 0.6 is 0 Å². The Labute approximate surface area is 213 Å². The molecule has 1 saturated heterocycles. The zero-order chi connectivity index (χ0) is 25.4. The van der Waals surface area contributed by atoms with Crippen LogP contribution in [0.15, 0.2) is 43.0 Å². The zero-order valence-corrected chi connectivity index (χ0v) is 21.4. The van der Waals surface area contributed by atoms with Crippen LogP contribution in [0.2, 0.25) is 0 Å². The number of benzene rings is 2. The second kappa shape index (κ2) is 9.54. The highest BCUT2D eigenvalue weighted by Crippen LogP contribution is 2.44. The molecule has 5 rings (SSSR count). The quantitative estimate of drug-likeness (QED) is 0.411. The van der Waals surface area contributed by atoms with Gasteiger partial charge in [0.25, 0.3) is 0 Å². The van der Waals surface area contributed by atoms with Crippen molar-refractivity contribution in [2.75, 3.05) is 13.1 Å². The lowest BCUT2D eigenvalue weighted by molar-refractivity contribution is 0.0794. The summed E-state index contributed by atoms with van der Waals surface area (Å²) < 4.78 is 15.8. The maximum atomic E-state index is 15.8. The molecule has 2 heterocycles. The number of hydrogen-bond donors (Lipinski definition) is 1. The molecular weight excluding hydrogens is 449 g/mol. The number of piperidine rings is 1. The fourth-order valence-electron chi connectivity index (χ4n) is 5.38. The maximum absolute atomic E-state index is 15.8. The standard InChI is InChI=1S/C30H34FN5/c1-19(2)28-33-29(35-34-28)27-17-25(20(3)16-26(27)23-6-5-7-23)21(4)36-14-12-30(31,13-15-36)24-10-8-22(18-32)9-11-24/h8-11,16-17,19,23H,4-7,12-15H2,1-3H3,(H,33,34,35). The molecule has 1 aromatic heterocycles. The number of H-pyrrole nitrogens is 1. The first kappa shape index (κ1) is 24.2. The average Bonchev–Trinajstić information content (AvgIpc) is 3.34. The number of alkyl halides is 1. The van der Waals surface area contributed by atoms with Crippen molar-refractivity contribution in [2.45, 2.75) is 70.4 Å². The van der Waals surface area contributed by atoms with E-state index in [1.807, 2.05) is 0 Å². The lowest BCUT2D eigenvalue weighted by atomic mass is 9.77. The SMILES string of the molecule is C=C(c1cc(-c2n[nH]c(C(C)C)n2)c(C2CCC2)cc1C)N1CCC(F)(c2ccc(C#N)cc2)CC1. The summed E-state index contributed by atoms with van der Waals surface area (Å²) >= 11 is 0. The number of rotatable bonds is 6. The third-order valence-electron chi connectivity index (χ3n) is 8.01. The van der Waals surface area contributed by atoms with Crippen LogP contribution in [-0.2, 0) is 5.67 Å². The number of hydrogen-bond acceptors (Lipinski definition) is 4. The molecule has 0 unspecified atom stereocenters. The number of nitrogens with zero attached hydrogens (tertiary/aromatic N) is 4. The highest BCUT2D eigenvalue weighted by molar-refractivity contribution is 5.73. The number of halogens is 1. The van der Waals surface area contributed by atoms with Gasteiger partial charge in [0.2, 0.25) is 0 Å². The molecule has 0 bridgehead atoms. The lowest BCUT2D eigenvalue weighted by Gasteiger charge is -2.39. The summed E-state index contributed by atoms with van der Waals surface area (Å²) in [5.41, 5.74) is 5.42. The number of nitrogens with one attached hydrogen (secondary N) is 1. The fourth-order valence-corrected chi connectivity index (χ4v) is 5.38. The molecule has 0 spiro atoms. The Kier molecular flexibility index (Phi) is 6.42. The molecule has 2 aromatic carbocycles. The summed E-state index contributed by atoms with van der Waals surface area (Å²) in [5.74, 6) is 2.47. The summed E-state index contributed by atoms with van der Waals surface area (Å²) in [7, 11) is 0. The smallest absolute Gasteiger partial charge is 0.181 e. The van der Waals surface area contributed by atoms with E-state index in [1.165, 1.54) is 30.4 Å². The number of aromatic nitrogens is 3. The van der Waals surface area contributed by atoms with Crippen LogP contribution in [0.1, 0.15) is 91.4 Å². The molecule has 3 aromatic rings. The minimum Gasteiger partial charge on any atom is -0.371 e. The van der Waals surface area contributed by atoms with Gasteiger partial charge in [-0.1, -0.05) is 45.0 Å². The van der Waals surface area contributed by atoms with Crippen molar-refractivity contribution in [3.63, 3.8) is 0 Å². The van der Waals surface area contributed by atoms with E-state index >= 15 is 4.39 Å². The highest BCUT2D eigenvalue weighted by atomic mass is 19.1. The Morgan fingerprint density at radius 3 is 2.44 bits per heavy atom. The minimum atomic E-state index is -1.38. The van der Waals surface area contributed by atoms with Crippen LogP contribution in [0.25, 0.3) is 17.1 Å². The van der Waals surface area contributed by atoms with Gasteiger partial charge in [0.1, 0.15) is 11.5 Å². The molecule has 1 N–H and O–H groups in total. The molecule has 2 aliphatic rings. The summed E-state index contributed by atoms with van der Waals surface area (Å²) in [5, 5.41) is 16.7. The molecule has 5 nitrogen and oxygen atoms in total. The van der Waals surface area contributed by atoms with Crippen molar-refractivity contribution in [1.29, 1.82) is 5.26 Å². The van der Waals surface area contributed by atoms with Gasteiger partial charge in [-0.15, -0.1) is 0 Å². The van der Waals surface area contributed by atoms with Crippen molar-refractivity contribution < 1.29 is 4.39 Å². The topological polar surface area (TPSA) is 68.6 Å². The molecule has 0 atom stereocenters. The van der Waals surface area contributed by atoms with E-state index < -0.39 is 5.67 Å². The van der Waals surface area contributed by atoms with Gasteiger partial charge < -0.3 is 4.90 Å². The predicted octanol–water partition coefficient (Wildman–Crippen LogP) is 6.97. The van der Waals surface area contributed by atoms with Crippen molar-refractivity contribution in [3.8, 4) is 17.5 Å². The van der Waals surface area contributed by atoms with Gasteiger partial charge in [0.05, 0.1) is 11.6 Å². The normalized spacial score (nSPS) is 17.6. The van der Waals surface area contributed by atoms with E-state index in [0.717, 1.165) is 28.5 Å². The summed E-state index contributed by atoms with van der Waals surface area (Å²) in [6, 6.07) is 13.5. The van der Waals surface area contributed by atoms with E-state index in [9.17, 15) is 0 Å². The van der Waals surface area contributed by atoms with E-state index in [-0.39, 0.29) is 5.92 Å². The van der Waals surface area contributed by atoms with Gasteiger partial charge in [-0.25, -0.2) is 9.37 Å². The first-order valence-corrected chi connectivity index (χ1v) is 13.0. The molecule has 1 aliphatic carbocycles. The number of aryl methyl sites for hydroxylation is 1. The second-order valence-electron chi connectivity index (χ2n) is 10.7. The molecule has 186 valence electrons. The molecule has 1 aliphatic heterocycles. The number of likely N-dealkylation sites (tertiary alicyclic amines) is 1. The van der Waals surface area contributed by atoms with Crippen LogP contribution in [-0.4, -0.2) is 33.2 Å². The molecule has 6 heteroatoms. The fraction of sp³-hybridized carbons (Fsp3) is 0.433. The number of nitriles is 1. The van der Waals surface area contributed by atoms with Crippen LogP contribution in [0, 0.1) is 18.3 Å². The van der Waals surface area contributed by atoms with Crippen molar-refractivity contribution >= 4 is 5.70 Å². The van der Waals surface area contributed by atoms with Crippen LogP contribution in [0.5, 0.6) is 0 Å². The lowest BCUT2D eigenvalue weighted by Crippen LogP contribution is -2.39. The van der Waals surface area contributed by atoms with Crippen LogP contribution < -0.4 is 0 Å². The van der Waals surface area contributed by atoms with Crippen LogP contribution in [0.4, 0.5) is 4.39 Å². The van der Waals surface area contributed by atoms with Gasteiger partial charge >= 0.3 is 0 Å². The van der Waals surface area contributed by atoms with Crippen molar-refractivity contribution in [3.05, 3.63) is 76.6 Å². The second-order valence-corrected chi connectivity index (χ2v) is 10.7.